The maximum atomic E-state index is 6.53. The fourth-order valence-corrected chi connectivity index (χ4v) is 7.07. The first-order valence-electron chi connectivity index (χ1n) is 14.1. The summed E-state index contributed by atoms with van der Waals surface area (Å²) in [5.74, 6) is 0. The molecule has 4 aliphatic rings. The van der Waals surface area contributed by atoms with Crippen molar-refractivity contribution in [2.75, 3.05) is 0 Å². The zero-order valence-corrected chi connectivity index (χ0v) is 22.7. The maximum Gasteiger partial charge on any atom is 0.494 e. The molecular weight excluding hydrogens is 463 g/mol. The van der Waals surface area contributed by atoms with Crippen molar-refractivity contribution < 1.29 is 9.31 Å². The molecule has 0 N–H and O–H groups in total. The highest BCUT2D eigenvalue weighted by molar-refractivity contribution is 6.62. The molecule has 4 aromatic rings. The highest BCUT2D eigenvalue weighted by Crippen LogP contribution is 2.56. The monoisotopic (exact) mass is 496 g/mol. The fraction of sp³-hybridized carbons (Fsp3) is 0.314. The second-order valence-corrected chi connectivity index (χ2v) is 12.7. The molecule has 1 fully saturated rings. The van der Waals surface area contributed by atoms with Gasteiger partial charge in [-0.05, 0) is 114 Å². The zero-order chi connectivity index (χ0) is 25.9. The Morgan fingerprint density at radius 3 is 1.66 bits per heavy atom. The average Bonchev–Trinajstić information content (AvgIpc) is 3.27. The SMILES string of the molecule is CC1(C)OB(c2ccc3c(c2)C(c2ccc4c(c2)CC4)(c2ccc4c(c2)CC4)c2ccccc2-3)OC1(C)C. The molecule has 1 heterocycles. The maximum absolute atomic E-state index is 6.53. The van der Waals surface area contributed by atoms with E-state index in [-0.39, 0.29) is 23.7 Å². The highest BCUT2D eigenvalue weighted by Gasteiger charge is 2.53. The molecule has 0 amide bonds. The summed E-state index contributed by atoms with van der Waals surface area (Å²) >= 11 is 0. The summed E-state index contributed by atoms with van der Waals surface area (Å²) in [5, 5.41) is 0. The van der Waals surface area contributed by atoms with Gasteiger partial charge in [-0.2, -0.15) is 0 Å². The molecule has 0 saturated carbocycles. The summed E-state index contributed by atoms with van der Waals surface area (Å²) in [5.41, 5.74) is 14.0. The molecule has 3 aliphatic carbocycles. The molecule has 0 bridgehead atoms. The van der Waals surface area contributed by atoms with E-state index in [9.17, 15) is 0 Å². The van der Waals surface area contributed by atoms with Gasteiger partial charge in [0.25, 0.3) is 0 Å². The molecule has 1 saturated heterocycles. The van der Waals surface area contributed by atoms with E-state index in [0.29, 0.717) is 0 Å². The van der Waals surface area contributed by atoms with Crippen LogP contribution < -0.4 is 5.46 Å². The smallest absolute Gasteiger partial charge is 0.399 e. The van der Waals surface area contributed by atoms with Crippen molar-refractivity contribution in [1.29, 1.82) is 0 Å². The Hall–Kier alpha value is -3.14. The molecule has 4 aromatic carbocycles. The van der Waals surface area contributed by atoms with Gasteiger partial charge in [0, 0.05) is 0 Å². The lowest BCUT2D eigenvalue weighted by Crippen LogP contribution is -2.41. The third-order valence-electron chi connectivity index (χ3n) is 10.2. The summed E-state index contributed by atoms with van der Waals surface area (Å²) < 4.78 is 13.1. The van der Waals surface area contributed by atoms with E-state index >= 15 is 0 Å². The van der Waals surface area contributed by atoms with E-state index in [1.54, 1.807) is 0 Å². The van der Waals surface area contributed by atoms with E-state index in [1.165, 1.54) is 81.3 Å². The van der Waals surface area contributed by atoms with E-state index in [4.69, 9.17) is 9.31 Å². The van der Waals surface area contributed by atoms with Crippen LogP contribution in [0.3, 0.4) is 0 Å². The molecule has 38 heavy (non-hydrogen) atoms. The Morgan fingerprint density at radius 1 is 0.553 bits per heavy atom. The molecule has 0 spiro atoms. The van der Waals surface area contributed by atoms with Gasteiger partial charge in [-0.3, -0.25) is 0 Å². The quantitative estimate of drug-likeness (QED) is 0.264. The van der Waals surface area contributed by atoms with Crippen LogP contribution in [0.25, 0.3) is 11.1 Å². The van der Waals surface area contributed by atoms with Gasteiger partial charge in [-0.15, -0.1) is 0 Å². The molecule has 1 aliphatic heterocycles. The highest BCUT2D eigenvalue weighted by atomic mass is 16.7. The number of fused-ring (bicyclic) bond motifs is 5. The van der Waals surface area contributed by atoms with Crippen LogP contribution in [-0.2, 0) is 40.4 Å². The first kappa shape index (κ1) is 22.8. The van der Waals surface area contributed by atoms with Gasteiger partial charge in [0.1, 0.15) is 0 Å². The molecule has 0 radical (unpaired) electrons. The number of hydrogen-bond acceptors (Lipinski definition) is 2. The van der Waals surface area contributed by atoms with Crippen molar-refractivity contribution in [3.63, 3.8) is 0 Å². The van der Waals surface area contributed by atoms with E-state index < -0.39 is 0 Å². The predicted octanol–water partition coefficient (Wildman–Crippen LogP) is 6.55. The second kappa shape index (κ2) is 7.49. The van der Waals surface area contributed by atoms with Gasteiger partial charge in [0.05, 0.1) is 16.6 Å². The lowest BCUT2D eigenvalue weighted by molar-refractivity contribution is 0.00578. The largest absolute Gasteiger partial charge is 0.494 e. The number of aryl methyl sites for hydroxylation is 4. The molecule has 3 heteroatoms. The molecule has 188 valence electrons. The Labute approximate surface area is 226 Å². The minimum atomic E-state index is -0.389. The zero-order valence-electron chi connectivity index (χ0n) is 22.7. The van der Waals surface area contributed by atoms with Crippen molar-refractivity contribution in [1.82, 2.24) is 0 Å². The van der Waals surface area contributed by atoms with Crippen molar-refractivity contribution in [2.24, 2.45) is 0 Å². The molecule has 0 unspecified atom stereocenters. The Bertz CT molecular complexity index is 1570. The van der Waals surface area contributed by atoms with Gasteiger partial charge in [-0.25, -0.2) is 0 Å². The van der Waals surface area contributed by atoms with Crippen LogP contribution in [0.15, 0.2) is 78.9 Å². The summed E-state index contributed by atoms with van der Waals surface area (Å²) in [6, 6.07) is 30.4. The minimum Gasteiger partial charge on any atom is -0.399 e. The average molecular weight is 496 g/mol. The summed E-state index contributed by atoms with van der Waals surface area (Å²) in [6.45, 7) is 8.51. The van der Waals surface area contributed by atoms with Crippen LogP contribution in [0.5, 0.6) is 0 Å². The molecular formula is C35H33BO2. The third kappa shape index (κ3) is 2.87. The van der Waals surface area contributed by atoms with Gasteiger partial charge in [0.15, 0.2) is 0 Å². The van der Waals surface area contributed by atoms with Crippen LogP contribution in [0, 0.1) is 0 Å². The van der Waals surface area contributed by atoms with Gasteiger partial charge in [-0.1, -0.05) is 78.9 Å². The fourth-order valence-electron chi connectivity index (χ4n) is 7.07. The van der Waals surface area contributed by atoms with Crippen LogP contribution in [0.1, 0.15) is 72.2 Å². The molecule has 0 aromatic heterocycles. The normalized spacial score (nSPS) is 20.6. The van der Waals surface area contributed by atoms with Crippen molar-refractivity contribution in [3.8, 4) is 11.1 Å². The summed E-state index contributed by atoms with van der Waals surface area (Å²) in [7, 11) is -0.389. The Kier molecular flexibility index (Phi) is 4.50. The van der Waals surface area contributed by atoms with Crippen molar-refractivity contribution in [3.05, 3.63) is 123 Å². The third-order valence-corrected chi connectivity index (χ3v) is 10.2. The number of rotatable bonds is 3. The van der Waals surface area contributed by atoms with Crippen LogP contribution >= 0.6 is 0 Å². The molecule has 0 atom stereocenters. The first-order chi connectivity index (χ1) is 18.3. The van der Waals surface area contributed by atoms with E-state index in [1.807, 2.05) is 0 Å². The van der Waals surface area contributed by atoms with Crippen molar-refractivity contribution in [2.45, 2.75) is 70.0 Å². The Balaban J connectivity index is 1.41. The van der Waals surface area contributed by atoms with E-state index in [2.05, 4.69) is 107 Å². The van der Waals surface area contributed by atoms with Crippen molar-refractivity contribution >= 4 is 12.6 Å². The first-order valence-corrected chi connectivity index (χ1v) is 14.1. The molecule has 2 nitrogen and oxygen atoms in total. The minimum absolute atomic E-state index is 0.374. The summed E-state index contributed by atoms with van der Waals surface area (Å²) in [6.07, 6.45) is 4.74. The van der Waals surface area contributed by atoms with Crippen LogP contribution in [0.2, 0.25) is 0 Å². The van der Waals surface area contributed by atoms with Gasteiger partial charge < -0.3 is 9.31 Å². The van der Waals surface area contributed by atoms with Crippen LogP contribution in [0.4, 0.5) is 0 Å². The summed E-state index contributed by atoms with van der Waals surface area (Å²) in [4.78, 5) is 0. The second-order valence-electron chi connectivity index (χ2n) is 12.7. The topological polar surface area (TPSA) is 18.5 Å². The van der Waals surface area contributed by atoms with Crippen LogP contribution in [-0.4, -0.2) is 18.3 Å². The lowest BCUT2D eigenvalue weighted by Gasteiger charge is -2.37. The van der Waals surface area contributed by atoms with E-state index in [0.717, 1.165) is 5.46 Å². The molecule has 8 rings (SSSR count). The number of hydrogen-bond donors (Lipinski definition) is 0. The number of benzene rings is 4. The lowest BCUT2D eigenvalue weighted by atomic mass is 9.64. The standard InChI is InChI=1S/C35H33BO2/c1-33(2)34(3,4)38-36(37-33)28-17-18-30-29-7-5-6-8-31(29)35(32(30)21-28,26-15-13-22-9-11-24(22)19-26)27-16-14-23-10-12-25(23)20-27/h5-8,13-21H,9-12H2,1-4H3. The van der Waals surface area contributed by atoms with Gasteiger partial charge >= 0.3 is 7.12 Å². The Morgan fingerprint density at radius 2 is 1.11 bits per heavy atom. The predicted molar refractivity (Wildman–Crippen MR) is 154 cm³/mol. The van der Waals surface area contributed by atoms with Gasteiger partial charge in [0.2, 0.25) is 0 Å².